The van der Waals surface area contributed by atoms with Crippen molar-refractivity contribution in [1.82, 2.24) is 0 Å². The first-order chi connectivity index (χ1) is 13.0. The minimum absolute atomic E-state index is 0.0286. The fourth-order valence-electron chi connectivity index (χ4n) is 2.36. The van der Waals surface area contributed by atoms with Crippen molar-refractivity contribution in [1.29, 1.82) is 0 Å². The van der Waals surface area contributed by atoms with Gasteiger partial charge in [0, 0.05) is 17.3 Å². The highest BCUT2D eigenvalue weighted by atomic mass is 16.5. The van der Waals surface area contributed by atoms with Crippen molar-refractivity contribution >= 4 is 17.6 Å². The first-order valence-electron chi connectivity index (χ1n) is 7.99. The van der Waals surface area contributed by atoms with Crippen molar-refractivity contribution < 1.29 is 28.5 Å². The molecule has 27 heavy (non-hydrogen) atoms. The summed E-state index contributed by atoms with van der Waals surface area (Å²) in [5.74, 6) is 0.0317. The lowest BCUT2D eigenvalue weighted by Gasteiger charge is -2.12. The molecule has 0 fully saturated rings. The zero-order valence-corrected chi connectivity index (χ0v) is 15.6. The summed E-state index contributed by atoms with van der Waals surface area (Å²) in [6.45, 7) is 0. The second kappa shape index (κ2) is 9.28. The summed E-state index contributed by atoms with van der Waals surface area (Å²) in [6, 6.07) is 12.8. The Morgan fingerprint density at radius 2 is 1.59 bits per heavy atom. The average molecular weight is 371 g/mol. The maximum Gasteiger partial charge on any atom is 0.354 e. The van der Waals surface area contributed by atoms with E-state index in [4.69, 9.17) is 9.47 Å². The Kier molecular flexibility index (Phi) is 6.82. The standard InChI is InChI=1S/C20H21NO6/c1-24-15-9-10-16(18(11-15)25-2)13-5-7-14(8-6-13)21-17(20(23)27-4)12-19(22)26-3/h5-12,21H,1-4H3/b17-12+. The number of ether oxygens (including phenoxy) is 4. The van der Waals surface area contributed by atoms with E-state index in [1.54, 1.807) is 32.4 Å². The number of nitrogens with one attached hydrogen (secondary N) is 1. The second-order valence-electron chi connectivity index (χ2n) is 5.34. The fourth-order valence-corrected chi connectivity index (χ4v) is 2.36. The number of rotatable bonds is 7. The fraction of sp³-hybridized carbons (Fsp3) is 0.200. The molecule has 2 aromatic carbocycles. The molecule has 2 rings (SSSR count). The van der Waals surface area contributed by atoms with Crippen LogP contribution in [0, 0.1) is 0 Å². The zero-order valence-electron chi connectivity index (χ0n) is 15.6. The molecular weight excluding hydrogens is 350 g/mol. The van der Waals surface area contributed by atoms with E-state index in [0.717, 1.165) is 17.2 Å². The Morgan fingerprint density at radius 3 is 2.15 bits per heavy atom. The van der Waals surface area contributed by atoms with E-state index >= 15 is 0 Å². The van der Waals surface area contributed by atoms with E-state index in [1.807, 2.05) is 24.3 Å². The maximum absolute atomic E-state index is 11.8. The van der Waals surface area contributed by atoms with Gasteiger partial charge in [-0.25, -0.2) is 9.59 Å². The van der Waals surface area contributed by atoms with Gasteiger partial charge in [0.1, 0.15) is 17.2 Å². The van der Waals surface area contributed by atoms with Crippen molar-refractivity contribution in [3.8, 4) is 22.6 Å². The van der Waals surface area contributed by atoms with E-state index in [9.17, 15) is 9.59 Å². The zero-order chi connectivity index (χ0) is 19.8. The number of esters is 2. The van der Waals surface area contributed by atoms with Crippen molar-refractivity contribution in [2.45, 2.75) is 0 Å². The lowest BCUT2D eigenvalue weighted by atomic mass is 10.0. The number of methoxy groups -OCH3 is 4. The quantitative estimate of drug-likeness (QED) is 0.592. The van der Waals surface area contributed by atoms with Crippen LogP contribution in [0.5, 0.6) is 11.5 Å². The molecule has 2 aromatic rings. The van der Waals surface area contributed by atoms with Gasteiger partial charge in [0.2, 0.25) is 0 Å². The van der Waals surface area contributed by atoms with Crippen molar-refractivity contribution in [3.63, 3.8) is 0 Å². The van der Waals surface area contributed by atoms with Crippen molar-refractivity contribution in [3.05, 3.63) is 54.2 Å². The van der Waals surface area contributed by atoms with Crippen LogP contribution in [-0.2, 0) is 19.1 Å². The summed E-state index contributed by atoms with van der Waals surface area (Å²) >= 11 is 0. The topological polar surface area (TPSA) is 83.1 Å². The van der Waals surface area contributed by atoms with Crippen LogP contribution in [0.4, 0.5) is 5.69 Å². The van der Waals surface area contributed by atoms with E-state index in [0.29, 0.717) is 17.2 Å². The third kappa shape index (κ3) is 5.01. The summed E-state index contributed by atoms with van der Waals surface area (Å²) in [5.41, 5.74) is 2.38. The predicted octanol–water partition coefficient (Wildman–Crippen LogP) is 3.01. The molecule has 0 aliphatic carbocycles. The van der Waals surface area contributed by atoms with Gasteiger partial charge in [-0.1, -0.05) is 12.1 Å². The molecule has 0 aliphatic rings. The van der Waals surface area contributed by atoms with Gasteiger partial charge in [0.05, 0.1) is 34.5 Å². The molecule has 0 bridgehead atoms. The minimum atomic E-state index is -0.679. The SMILES string of the molecule is COC(=O)/C=C(/Nc1ccc(-c2ccc(OC)cc2OC)cc1)C(=O)OC. The summed E-state index contributed by atoms with van der Waals surface area (Å²) in [7, 11) is 5.64. The molecule has 0 heterocycles. The Balaban J connectivity index is 2.28. The molecule has 7 nitrogen and oxygen atoms in total. The van der Waals surface area contributed by atoms with E-state index in [1.165, 1.54) is 14.2 Å². The number of hydrogen-bond donors (Lipinski definition) is 1. The number of carbonyl (C=O) groups excluding carboxylic acids is 2. The summed E-state index contributed by atoms with van der Waals surface area (Å²) < 4.78 is 19.8. The number of carbonyl (C=O) groups is 2. The average Bonchev–Trinajstić information content (AvgIpc) is 2.72. The van der Waals surface area contributed by atoms with Crippen LogP contribution in [0.25, 0.3) is 11.1 Å². The number of benzene rings is 2. The third-order valence-electron chi connectivity index (χ3n) is 3.75. The molecular formula is C20H21NO6. The van der Waals surface area contributed by atoms with E-state index in [2.05, 4.69) is 14.8 Å². The molecule has 0 amide bonds. The normalized spacial score (nSPS) is 10.7. The first-order valence-corrected chi connectivity index (χ1v) is 7.99. The monoisotopic (exact) mass is 371 g/mol. The molecule has 0 radical (unpaired) electrons. The van der Waals surface area contributed by atoms with E-state index < -0.39 is 11.9 Å². The molecule has 0 aromatic heterocycles. The van der Waals surface area contributed by atoms with Crippen LogP contribution in [0.3, 0.4) is 0 Å². The highest BCUT2D eigenvalue weighted by Gasteiger charge is 2.13. The first kappa shape index (κ1) is 19.8. The highest BCUT2D eigenvalue weighted by molar-refractivity contribution is 5.98. The van der Waals surface area contributed by atoms with Crippen LogP contribution in [0.15, 0.2) is 54.2 Å². The molecule has 0 saturated carbocycles. The Morgan fingerprint density at radius 1 is 0.889 bits per heavy atom. The Labute approximate surface area is 157 Å². The predicted molar refractivity (Wildman–Crippen MR) is 101 cm³/mol. The van der Waals surface area contributed by atoms with Crippen LogP contribution >= 0.6 is 0 Å². The number of anilines is 1. The molecule has 0 spiro atoms. The minimum Gasteiger partial charge on any atom is -0.497 e. The Hall–Kier alpha value is -3.48. The smallest absolute Gasteiger partial charge is 0.354 e. The van der Waals surface area contributed by atoms with Gasteiger partial charge in [-0.2, -0.15) is 0 Å². The van der Waals surface area contributed by atoms with Crippen LogP contribution in [0.2, 0.25) is 0 Å². The van der Waals surface area contributed by atoms with Crippen molar-refractivity contribution in [2.24, 2.45) is 0 Å². The summed E-state index contributed by atoms with van der Waals surface area (Å²) in [5, 5.41) is 2.85. The van der Waals surface area contributed by atoms with E-state index in [-0.39, 0.29) is 5.70 Å². The molecule has 7 heteroatoms. The van der Waals surface area contributed by atoms with Crippen molar-refractivity contribution in [2.75, 3.05) is 33.8 Å². The lowest BCUT2D eigenvalue weighted by Crippen LogP contribution is -2.15. The summed E-state index contributed by atoms with van der Waals surface area (Å²) in [4.78, 5) is 23.2. The molecule has 0 unspecified atom stereocenters. The molecule has 0 atom stereocenters. The van der Waals surface area contributed by atoms with Gasteiger partial charge in [-0.15, -0.1) is 0 Å². The Bertz CT molecular complexity index is 842. The van der Waals surface area contributed by atoms with Crippen LogP contribution in [0.1, 0.15) is 0 Å². The van der Waals surface area contributed by atoms with Gasteiger partial charge in [0.15, 0.2) is 0 Å². The third-order valence-corrected chi connectivity index (χ3v) is 3.75. The van der Waals surface area contributed by atoms with Crippen LogP contribution in [-0.4, -0.2) is 40.4 Å². The van der Waals surface area contributed by atoms with Gasteiger partial charge in [-0.05, 0) is 29.8 Å². The molecule has 1 N–H and O–H groups in total. The van der Waals surface area contributed by atoms with Gasteiger partial charge in [0.25, 0.3) is 0 Å². The molecule has 0 saturated heterocycles. The van der Waals surface area contributed by atoms with Gasteiger partial charge < -0.3 is 24.3 Å². The largest absolute Gasteiger partial charge is 0.497 e. The number of hydrogen-bond acceptors (Lipinski definition) is 7. The van der Waals surface area contributed by atoms with Gasteiger partial charge >= 0.3 is 11.9 Å². The molecule has 0 aliphatic heterocycles. The summed E-state index contributed by atoms with van der Waals surface area (Å²) in [6.07, 6.45) is 1.03. The highest BCUT2D eigenvalue weighted by Crippen LogP contribution is 2.33. The lowest BCUT2D eigenvalue weighted by molar-refractivity contribution is -0.138. The second-order valence-corrected chi connectivity index (χ2v) is 5.34. The maximum atomic E-state index is 11.8. The van der Waals surface area contributed by atoms with Gasteiger partial charge in [-0.3, -0.25) is 0 Å². The van der Waals surface area contributed by atoms with Crippen LogP contribution < -0.4 is 14.8 Å². The molecule has 142 valence electrons.